The van der Waals surface area contributed by atoms with Crippen molar-refractivity contribution in [3.63, 3.8) is 0 Å². The van der Waals surface area contributed by atoms with Crippen molar-refractivity contribution in [3.05, 3.63) is 59.2 Å². The average molecular weight is 402 g/mol. The Labute approximate surface area is 163 Å². The van der Waals surface area contributed by atoms with Crippen LogP contribution < -0.4 is 10.8 Å². The summed E-state index contributed by atoms with van der Waals surface area (Å²) >= 11 is 0. The van der Waals surface area contributed by atoms with E-state index in [1.54, 1.807) is 0 Å². The molecule has 8 heteroatoms. The second-order valence-corrected chi connectivity index (χ2v) is 9.64. The van der Waals surface area contributed by atoms with Crippen LogP contribution >= 0.6 is 0 Å². The Morgan fingerprint density at radius 3 is 2.43 bits per heavy atom. The molecule has 0 aliphatic carbocycles. The normalized spacial score (nSPS) is 15.5. The quantitative estimate of drug-likeness (QED) is 0.504. The predicted molar refractivity (Wildman–Crippen MR) is 105 cm³/mol. The van der Waals surface area contributed by atoms with E-state index in [0.29, 0.717) is 18.5 Å². The zero-order chi connectivity index (χ0) is 20.5. The van der Waals surface area contributed by atoms with Crippen molar-refractivity contribution < 1.29 is 23.2 Å². The summed E-state index contributed by atoms with van der Waals surface area (Å²) in [4.78, 5) is 23.5. The summed E-state index contributed by atoms with van der Waals surface area (Å²) in [5.41, 5.74) is 5.96. The standard InChI is InChI=1S/C20H22N2O5S/c1-20(19(24)22-25,28(2,26)27)10-9-13-3-5-14(6-4-13)15-7-8-17-16(11-15)12-21-18(17)23/h3-8,11,25H,9-10,12H2,1-2H3,(H,21,23)(H,22,24)/t20-/m1/s1. The van der Waals surface area contributed by atoms with Gasteiger partial charge in [0.15, 0.2) is 9.84 Å². The summed E-state index contributed by atoms with van der Waals surface area (Å²) in [7, 11) is -3.71. The first-order chi connectivity index (χ1) is 13.2. The van der Waals surface area contributed by atoms with Gasteiger partial charge in [0, 0.05) is 18.4 Å². The van der Waals surface area contributed by atoms with Gasteiger partial charge in [-0.15, -0.1) is 0 Å². The Morgan fingerprint density at radius 1 is 1.18 bits per heavy atom. The molecule has 28 heavy (non-hydrogen) atoms. The van der Waals surface area contributed by atoms with Crippen LogP contribution in [0.1, 0.15) is 34.8 Å². The molecule has 3 N–H and O–H groups in total. The number of carbonyl (C=O) groups is 2. The van der Waals surface area contributed by atoms with Gasteiger partial charge in [0.25, 0.3) is 11.8 Å². The van der Waals surface area contributed by atoms with Gasteiger partial charge in [-0.3, -0.25) is 14.8 Å². The lowest BCUT2D eigenvalue weighted by atomic mass is 9.96. The van der Waals surface area contributed by atoms with Crippen LogP contribution in [0.5, 0.6) is 0 Å². The zero-order valence-electron chi connectivity index (χ0n) is 15.7. The van der Waals surface area contributed by atoms with Gasteiger partial charge in [-0.1, -0.05) is 30.3 Å². The highest BCUT2D eigenvalue weighted by molar-refractivity contribution is 7.92. The molecule has 0 unspecified atom stereocenters. The Hall–Kier alpha value is -2.71. The van der Waals surface area contributed by atoms with Crippen LogP contribution in [0, 0.1) is 0 Å². The minimum Gasteiger partial charge on any atom is -0.348 e. The number of carbonyl (C=O) groups excluding carboxylic acids is 2. The molecular formula is C20H22N2O5S. The van der Waals surface area contributed by atoms with Crippen LogP contribution in [0.25, 0.3) is 11.1 Å². The van der Waals surface area contributed by atoms with E-state index in [1.165, 1.54) is 12.4 Å². The molecule has 2 aromatic carbocycles. The SMILES string of the molecule is C[C@@](CCc1ccc(-c2ccc3c(c2)CNC3=O)cc1)(C(=O)NO)S(C)(=O)=O. The van der Waals surface area contributed by atoms with Crippen LogP contribution in [0.3, 0.4) is 0 Å². The fourth-order valence-corrected chi connectivity index (χ4v) is 4.10. The molecule has 0 bridgehead atoms. The summed E-state index contributed by atoms with van der Waals surface area (Å²) in [5, 5.41) is 11.7. The van der Waals surface area contributed by atoms with Crippen molar-refractivity contribution in [1.82, 2.24) is 10.8 Å². The van der Waals surface area contributed by atoms with Gasteiger partial charge in [0.1, 0.15) is 4.75 Å². The maximum atomic E-state index is 12.0. The highest BCUT2D eigenvalue weighted by Gasteiger charge is 2.43. The molecule has 0 fully saturated rings. The van der Waals surface area contributed by atoms with Crippen molar-refractivity contribution in [3.8, 4) is 11.1 Å². The number of benzene rings is 2. The lowest BCUT2D eigenvalue weighted by Gasteiger charge is -2.25. The van der Waals surface area contributed by atoms with E-state index in [2.05, 4.69) is 5.32 Å². The number of aryl methyl sites for hydroxylation is 1. The molecule has 2 aromatic rings. The first-order valence-electron chi connectivity index (χ1n) is 8.80. The van der Waals surface area contributed by atoms with Crippen molar-refractivity contribution >= 4 is 21.7 Å². The first kappa shape index (κ1) is 20.0. The zero-order valence-corrected chi connectivity index (χ0v) is 16.5. The number of sulfone groups is 1. The third-order valence-electron chi connectivity index (χ3n) is 5.37. The summed E-state index contributed by atoms with van der Waals surface area (Å²) in [6.07, 6.45) is 1.39. The molecule has 0 saturated carbocycles. The van der Waals surface area contributed by atoms with Crippen molar-refractivity contribution in [2.24, 2.45) is 0 Å². The van der Waals surface area contributed by atoms with Crippen molar-refractivity contribution in [2.75, 3.05) is 6.26 Å². The third-order valence-corrected chi connectivity index (χ3v) is 7.39. The van der Waals surface area contributed by atoms with E-state index in [9.17, 15) is 18.0 Å². The number of hydroxylamine groups is 1. The Balaban J connectivity index is 1.76. The maximum Gasteiger partial charge on any atom is 0.264 e. The smallest absolute Gasteiger partial charge is 0.264 e. The molecule has 1 atom stereocenters. The number of amides is 2. The van der Waals surface area contributed by atoms with Gasteiger partial charge in [0.2, 0.25) is 0 Å². The van der Waals surface area contributed by atoms with Gasteiger partial charge in [-0.2, -0.15) is 0 Å². The predicted octanol–water partition coefficient (Wildman–Crippen LogP) is 1.84. The van der Waals surface area contributed by atoms with Crippen LogP contribution in [-0.2, 0) is 27.6 Å². The van der Waals surface area contributed by atoms with E-state index in [1.807, 2.05) is 42.5 Å². The number of hydrogen-bond acceptors (Lipinski definition) is 5. The molecule has 0 saturated heterocycles. The summed E-state index contributed by atoms with van der Waals surface area (Å²) in [5.74, 6) is -0.995. The largest absolute Gasteiger partial charge is 0.348 e. The van der Waals surface area contributed by atoms with Crippen LogP contribution in [0.4, 0.5) is 0 Å². The van der Waals surface area contributed by atoms with Crippen molar-refractivity contribution in [2.45, 2.75) is 31.1 Å². The maximum absolute atomic E-state index is 12.0. The van der Waals surface area contributed by atoms with Crippen LogP contribution in [0.15, 0.2) is 42.5 Å². The van der Waals surface area contributed by atoms with E-state index >= 15 is 0 Å². The minimum atomic E-state index is -3.71. The van der Waals surface area contributed by atoms with E-state index < -0.39 is 20.5 Å². The second kappa shape index (κ2) is 7.37. The number of fused-ring (bicyclic) bond motifs is 1. The molecular weight excluding hydrogens is 380 g/mol. The lowest BCUT2D eigenvalue weighted by molar-refractivity contribution is -0.131. The molecule has 148 valence electrons. The Bertz CT molecular complexity index is 1030. The molecule has 7 nitrogen and oxygen atoms in total. The number of rotatable bonds is 6. The Kier molecular flexibility index (Phi) is 5.27. The summed E-state index contributed by atoms with van der Waals surface area (Å²) < 4.78 is 22.3. The molecule has 0 radical (unpaired) electrons. The summed E-state index contributed by atoms with van der Waals surface area (Å²) in [6, 6.07) is 13.3. The minimum absolute atomic E-state index is 0.0458. The van der Waals surface area contributed by atoms with Crippen molar-refractivity contribution in [1.29, 1.82) is 0 Å². The molecule has 1 aliphatic rings. The van der Waals surface area contributed by atoms with Gasteiger partial charge in [-0.25, -0.2) is 13.9 Å². The van der Waals surface area contributed by atoms with Gasteiger partial charge < -0.3 is 5.32 Å². The van der Waals surface area contributed by atoms with Gasteiger partial charge in [-0.05, 0) is 54.2 Å². The van der Waals surface area contributed by atoms with E-state index in [4.69, 9.17) is 5.21 Å². The fourth-order valence-electron chi connectivity index (χ4n) is 3.24. The van der Waals surface area contributed by atoms with Gasteiger partial charge in [0.05, 0.1) is 0 Å². The highest BCUT2D eigenvalue weighted by atomic mass is 32.2. The third kappa shape index (κ3) is 3.65. The molecule has 2 amide bonds. The molecule has 3 rings (SSSR count). The molecule has 1 aliphatic heterocycles. The van der Waals surface area contributed by atoms with Gasteiger partial charge >= 0.3 is 0 Å². The summed E-state index contributed by atoms with van der Waals surface area (Å²) in [6.45, 7) is 1.83. The molecule has 0 spiro atoms. The lowest BCUT2D eigenvalue weighted by Crippen LogP contribution is -2.49. The van der Waals surface area contributed by atoms with Crippen LogP contribution in [-0.4, -0.2) is 36.4 Å². The van der Waals surface area contributed by atoms with Crippen LogP contribution in [0.2, 0.25) is 0 Å². The first-order valence-corrected chi connectivity index (χ1v) is 10.7. The second-order valence-electron chi connectivity index (χ2n) is 7.20. The number of nitrogens with one attached hydrogen (secondary N) is 2. The molecule has 1 heterocycles. The van der Waals surface area contributed by atoms with E-state index in [-0.39, 0.29) is 12.3 Å². The Morgan fingerprint density at radius 2 is 1.82 bits per heavy atom. The number of hydrogen-bond donors (Lipinski definition) is 3. The van der Waals surface area contributed by atoms with E-state index in [0.717, 1.165) is 28.5 Å². The average Bonchev–Trinajstić information content (AvgIpc) is 3.05. The molecule has 0 aromatic heterocycles. The fraction of sp³-hybridized carbons (Fsp3) is 0.300. The monoisotopic (exact) mass is 402 g/mol. The topological polar surface area (TPSA) is 113 Å². The highest BCUT2D eigenvalue weighted by Crippen LogP contribution is 2.27.